The molecule has 0 saturated heterocycles. The number of rotatable bonds is 6. The zero-order valence-corrected chi connectivity index (χ0v) is 18.6. The first kappa shape index (κ1) is 21.4. The van der Waals surface area contributed by atoms with Gasteiger partial charge in [0.05, 0.1) is 23.2 Å². The number of aromatic nitrogens is 2. The number of ether oxygens (including phenoxy) is 1. The normalized spacial score (nSPS) is 19.3. The monoisotopic (exact) mass is 471 g/mol. The van der Waals surface area contributed by atoms with Crippen molar-refractivity contribution in [1.82, 2.24) is 9.72 Å². The Kier molecular flexibility index (Phi) is 5.32. The Balaban J connectivity index is 1.60. The molecule has 8 nitrogen and oxygen atoms in total. The number of methoxy groups -OCH3 is 1. The largest absolute Gasteiger partial charge is 0.495 e. The fraction of sp³-hybridized carbons (Fsp3) is 0.304. The molecule has 2 aromatic heterocycles. The number of alkyl halides is 1. The van der Waals surface area contributed by atoms with Gasteiger partial charge in [-0.3, -0.25) is 14.1 Å². The summed E-state index contributed by atoms with van der Waals surface area (Å²) >= 11 is 0. The second-order valence-corrected chi connectivity index (χ2v) is 9.86. The smallest absolute Gasteiger partial charge is 0.263 e. The van der Waals surface area contributed by atoms with E-state index >= 15 is 4.39 Å². The molecule has 0 aliphatic heterocycles. The average molecular weight is 472 g/mol. The van der Waals surface area contributed by atoms with Crippen molar-refractivity contribution in [3.05, 3.63) is 70.4 Å². The molecule has 1 saturated carbocycles. The molecular weight excluding hydrogens is 449 g/mol. The summed E-state index contributed by atoms with van der Waals surface area (Å²) in [5, 5.41) is 4.06. The predicted molar refractivity (Wildman–Crippen MR) is 121 cm³/mol. The first-order valence-corrected chi connectivity index (χ1v) is 12.1. The van der Waals surface area contributed by atoms with Crippen LogP contribution in [0.5, 0.6) is 0 Å². The molecular formula is C23H22FN3O5S. The Bertz CT molecular complexity index is 1440. The molecule has 1 atom stereocenters. The number of sulfonamides is 1. The maximum absolute atomic E-state index is 15.1. The minimum Gasteiger partial charge on any atom is -0.495 e. The zero-order chi connectivity index (χ0) is 23.2. The molecule has 3 aromatic rings. The minimum atomic E-state index is -3.93. The van der Waals surface area contributed by atoms with Crippen molar-refractivity contribution in [1.29, 1.82) is 0 Å². The van der Waals surface area contributed by atoms with Gasteiger partial charge in [-0.2, -0.15) is 0 Å². The van der Waals surface area contributed by atoms with Gasteiger partial charge >= 0.3 is 0 Å². The van der Waals surface area contributed by atoms with Crippen LogP contribution in [0.3, 0.4) is 0 Å². The molecule has 1 unspecified atom stereocenters. The summed E-state index contributed by atoms with van der Waals surface area (Å²) in [6, 6.07) is 8.64. The lowest BCUT2D eigenvalue weighted by Gasteiger charge is -2.33. The van der Waals surface area contributed by atoms with Gasteiger partial charge < -0.3 is 9.26 Å². The van der Waals surface area contributed by atoms with Crippen LogP contribution in [0.4, 0.5) is 10.2 Å². The molecule has 1 N–H and O–H groups in total. The summed E-state index contributed by atoms with van der Waals surface area (Å²) in [6.45, 7) is 0. The Labute approximate surface area is 189 Å². The molecule has 2 aliphatic rings. The molecule has 172 valence electrons. The van der Waals surface area contributed by atoms with Crippen LogP contribution in [0, 0.1) is 5.92 Å². The number of hydrogen-bond donors (Lipinski definition) is 1. The molecule has 0 bridgehead atoms. The quantitative estimate of drug-likeness (QED) is 0.581. The van der Waals surface area contributed by atoms with Gasteiger partial charge in [-0.25, -0.2) is 12.8 Å². The van der Waals surface area contributed by atoms with Gasteiger partial charge in [0.15, 0.2) is 5.82 Å². The van der Waals surface area contributed by atoms with Crippen molar-refractivity contribution in [3.8, 4) is 0 Å². The Morgan fingerprint density at radius 2 is 2.03 bits per heavy atom. The van der Waals surface area contributed by atoms with E-state index < -0.39 is 16.2 Å². The van der Waals surface area contributed by atoms with E-state index in [2.05, 4.69) is 14.4 Å². The lowest BCUT2D eigenvalue weighted by Crippen LogP contribution is -2.28. The fourth-order valence-electron chi connectivity index (χ4n) is 4.34. The number of anilines is 1. The number of benzene rings is 1. The van der Waals surface area contributed by atoms with Gasteiger partial charge in [0.2, 0.25) is 0 Å². The Morgan fingerprint density at radius 3 is 2.70 bits per heavy atom. The summed E-state index contributed by atoms with van der Waals surface area (Å²) in [5.74, 6) is 0.728. The second kappa shape index (κ2) is 8.18. The zero-order valence-electron chi connectivity index (χ0n) is 17.8. The molecule has 0 spiro atoms. The first-order chi connectivity index (χ1) is 15.9. The highest BCUT2D eigenvalue weighted by atomic mass is 32.2. The maximum atomic E-state index is 15.1. The molecule has 1 fully saturated rings. The SMILES string of the molecule is COC1=C(n2c(=O)ccc3cc(S(=O)(=O)Nc4ccon4)ccc32)CC(F)C(C2CCC2)=C1. The fourth-order valence-corrected chi connectivity index (χ4v) is 5.37. The third-order valence-electron chi connectivity index (χ3n) is 6.24. The third-order valence-corrected chi connectivity index (χ3v) is 7.59. The summed E-state index contributed by atoms with van der Waals surface area (Å²) in [7, 11) is -2.43. The molecule has 2 aliphatic carbocycles. The van der Waals surface area contributed by atoms with Crippen LogP contribution in [0.15, 0.2) is 74.3 Å². The van der Waals surface area contributed by atoms with E-state index in [-0.39, 0.29) is 28.6 Å². The van der Waals surface area contributed by atoms with Gasteiger partial charge in [0.25, 0.3) is 15.6 Å². The molecule has 2 heterocycles. The van der Waals surface area contributed by atoms with Crippen molar-refractivity contribution < 1.29 is 22.1 Å². The van der Waals surface area contributed by atoms with Crippen LogP contribution in [0.2, 0.25) is 0 Å². The Hall–Kier alpha value is -3.40. The van der Waals surface area contributed by atoms with Gasteiger partial charge in [0.1, 0.15) is 18.2 Å². The highest BCUT2D eigenvalue weighted by Gasteiger charge is 2.33. The van der Waals surface area contributed by atoms with Gasteiger partial charge in [-0.05, 0) is 54.7 Å². The number of hydrogen-bond acceptors (Lipinski definition) is 6. The van der Waals surface area contributed by atoms with E-state index in [9.17, 15) is 13.2 Å². The lowest BCUT2D eigenvalue weighted by molar-refractivity contribution is 0.264. The van der Waals surface area contributed by atoms with Crippen LogP contribution < -0.4 is 10.3 Å². The number of fused-ring (bicyclic) bond motifs is 1. The molecule has 10 heteroatoms. The number of halogens is 1. The maximum Gasteiger partial charge on any atom is 0.263 e. The number of pyridine rings is 1. The molecule has 5 rings (SSSR count). The Morgan fingerprint density at radius 1 is 1.21 bits per heavy atom. The highest BCUT2D eigenvalue weighted by molar-refractivity contribution is 7.92. The summed E-state index contributed by atoms with van der Waals surface area (Å²) in [6.07, 6.45) is 4.81. The van der Waals surface area contributed by atoms with Gasteiger partial charge in [-0.1, -0.05) is 11.6 Å². The number of allylic oxidation sites excluding steroid dienone is 3. The van der Waals surface area contributed by atoms with Crippen molar-refractivity contribution in [2.75, 3.05) is 11.8 Å². The topological polar surface area (TPSA) is 103 Å². The molecule has 0 amide bonds. The third kappa shape index (κ3) is 3.84. The van der Waals surface area contributed by atoms with E-state index in [1.807, 2.05) is 0 Å². The van der Waals surface area contributed by atoms with E-state index in [0.29, 0.717) is 22.4 Å². The standard InChI is InChI=1S/C23H22FN3O5S/c1-31-21-12-17(14-3-2-4-14)18(24)13-20(21)27-19-7-6-16(11-15(19)5-8-23(27)28)33(29,30)26-22-9-10-32-25-22/h5-12,14,18H,2-4,13H2,1H3,(H,25,26). The van der Waals surface area contributed by atoms with E-state index in [4.69, 9.17) is 4.74 Å². The first-order valence-electron chi connectivity index (χ1n) is 10.6. The molecule has 1 aromatic carbocycles. The average Bonchev–Trinajstić information content (AvgIpc) is 3.25. The minimum absolute atomic E-state index is 0.0108. The van der Waals surface area contributed by atoms with Crippen molar-refractivity contribution in [3.63, 3.8) is 0 Å². The molecule has 33 heavy (non-hydrogen) atoms. The van der Waals surface area contributed by atoms with E-state index in [1.165, 1.54) is 48.3 Å². The van der Waals surface area contributed by atoms with E-state index in [0.717, 1.165) is 24.8 Å². The second-order valence-electron chi connectivity index (χ2n) is 8.18. The van der Waals surface area contributed by atoms with Crippen LogP contribution >= 0.6 is 0 Å². The summed E-state index contributed by atoms with van der Waals surface area (Å²) in [5.41, 5.74) is 1.25. The van der Waals surface area contributed by atoms with Crippen LogP contribution in [0.1, 0.15) is 25.7 Å². The van der Waals surface area contributed by atoms with Gasteiger partial charge in [-0.15, -0.1) is 0 Å². The number of nitrogens with zero attached hydrogens (tertiary/aromatic N) is 2. The van der Waals surface area contributed by atoms with Crippen molar-refractivity contribution in [2.45, 2.75) is 36.8 Å². The van der Waals surface area contributed by atoms with Crippen LogP contribution in [-0.2, 0) is 14.8 Å². The number of nitrogens with one attached hydrogen (secondary N) is 1. The van der Waals surface area contributed by atoms with Crippen LogP contribution in [-0.4, -0.2) is 31.4 Å². The van der Waals surface area contributed by atoms with Gasteiger partial charge in [0, 0.05) is 23.9 Å². The van der Waals surface area contributed by atoms with Crippen molar-refractivity contribution in [2.24, 2.45) is 5.92 Å². The predicted octanol–water partition coefficient (Wildman–Crippen LogP) is 4.07. The lowest BCUT2D eigenvalue weighted by atomic mass is 9.75. The van der Waals surface area contributed by atoms with Crippen LogP contribution in [0.25, 0.3) is 16.6 Å². The summed E-state index contributed by atoms with van der Waals surface area (Å²) in [4.78, 5) is 12.8. The van der Waals surface area contributed by atoms with Crippen molar-refractivity contribution >= 4 is 32.4 Å². The van der Waals surface area contributed by atoms with E-state index in [1.54, 1.807) is 12.1 Å². The molecule has 0 radical (unpaired) electrons. The summed E-state index contributed by atoms with van der Waals surface area (Å²) < 4.78 is 54.5. The highest BCUT2D eigenvalue weighted by Crippen LogP contribution is 2.41.